The third-order valence-corrected chi connectivity index (χ3v) is 4.32. The number of amidine groups is 1. The number of nitrogens with two attached hydrogens (primary N) is 1. The van der Waals surface area contributed by atoms with Crippen molar-refractivity contribution in [3.63, 3.8) is 0 Å². The van der Waals surface area contributed by atoms with Crippen molar-refractivity contribution in [1.29, 1.82) is 10.7 Å². The van der Waals surface area contributed by atoms with Gasteiger partial charge in [0.1, 0.15) is 0 Å². The molecule has 0 bridgehead atoms. The predicted molar refractivity (Wildman–Crippen MR) is 100 cm³/mol. The molecule has 0 heterocycles. The van der Waals surface area contributed by atoms with E-state index in [0.717, 1.165) is 24.0 Å². The summed E-state index contributed by atoms with van der Waals surface area (Å²) >= 11 is 0. The summed E-state index contributed by atoms with van der Waals surface area (Å²) in [6.45, 7) is 4.17. The minimum atomic E-state index is 0.0379. The molecule has 1 unspecified atom stereocenters. The Morgan fingerprint density at radius 1 is 1.16 bits per heavy atom. The molecule has 0 amide bonds. The number of benzene rings is 2. The van der Waals surface area contributed by atoms with Crippen molar-refractivity contribution in [3.8, 4) is 17.2 Å². The Balaban J connectivity index is 2.18. The molecule has 128 valence electrons. The number of nitrogens with one attached hydrogen (secondary N) is 1. The summed E-state index contributed by atoms with van der Waals surface area (Å²) in [5, 5.41) is 24.0. The van der Waals surface area contributed by atoms with Gasteiger partial charge in [0.25, 0.3) is 0 Å². The molecule has 0 spiro atoms. The van der Waals surface area contributed by atoms with Gasteiger partial charge in [-0.3, -0.25) is 5.41 Å². The Hall–Kier alpha value is -3.00. The number of nitrogens with zero attached hydrogens (tertiary/aromatic N) is 3. The van der Waals surface area contributed by atoms with Gasteiger partial charge in [0, 0.05) is 11.5 Å². The van der Waals surface area contributed by atoms with E-state index in [1.54, 1.807) is 0 Å². The number of nitriles is 1. The van der Waals surface area contributed by atoms with E-state index >= 15 is 0 Å². The first-order chi connectivity index (χ1) is 12.1. The van der Waals surface area contributed by atoms with Gasteiger partial charge in [-0.1, -0.05) is 67.6 Å². The van der Waals surface area contributed by atoms with E-state index in [-0.39, 0.29) is 11.8 Å². The maximum Gasteiger partial charge on any atom is 0.176 e. The van der Waals surface area contributed by atoms with Gasteiger partial charge in [-0.15, -0.1) is 5.11 Å². The quantitative estimate of drug-likeness (QED) is 0.262. The first kappa shape index (κ1) is 18.3. The van der Waals surface area contributed by atoms with Gasteiger partial charge in [-0.05, 0) is 35.4 Å². The van der Waals surface area contributed by atoms with Crippen molar-refractivity contribution < 1.29 is 0 Å². The van der Waals surface area contributed by atoms with Gasteiger partial charge in [0.05, 0.1) is 6.07 Å². The van der Waals surface area contributed by atoms with Crippen LogP contribution in [0.3, 0.4) is 0 Å². The minimum Gasteiger partial charge on any atom is -0.305 e. The summed E-state index contributed by atoms with van der Waals surface area (Å²) in [4.78, 5) is 0. The van der Waals surface area contributed by atoms with Crippen molar-refractivity contribution >= 4 is 5.84 Å². The number of hydrogen-bond acceptors (Lipinski definition) is 3. The fraction of sp³-hybridized carbons (Fsp3) is 0.300. The molecule has 0 saturated carbocycles. The Labute approximate surface area is 148 Å². The van der Waals surface area contributed by atoms with E-state index in [1.807, 2.05) is 36.4 Å². The van der Waals surface area contributed by atoms with Crippen LogP contribution in [0.5, 0.6) is 0 Å². The fourth-order valence-corrected chi connectivity index (χ4v) is 2.77. The van der Waals surface area contributed by atoms with E-state index in [2.05, 4.69) is 42.4 Å². The van der Waals surface area contributed by atoms with Crippen LogP contribution in [-0.4, -0.2) is 5.84 Å². The molecule has 0 saturated heterocycles. The molecular weight excluding hydrogens is 310 g/mol. The molecule has 0 aliphatic carbocycles. The molecule has 5 nitrogen and oxygen atoms in total. The summed E-state index contributed by atoms with van der Waals surface area (Å²) in [7, 11) is 0. The highest BCUT2D eigenvalue weighted by Gasteiger charge is 2.13. The minimum absolute atomic E-state index is 0.0379. The van der Waals surface area contributed by atoms with Gasteiger partial charge < -0.3 is 5.84 Å². The monoisotopic (exact) mass is 333 g/mol. The first-order valence-electron chi connectivity index (χ1n) is 8.34. The predicted octanol–water partition coefficient (Wildman–Crippen LogP) is 4.73. The Morgan fingerprint density at radius 3 is 2.44 bits per heavy atom. The molecule has 1 atom stereocenters. The molecule has 0 aromatic heterocycles. The first-order valence-corrected chi connectivity index (χ1v) is 8.34. The van der Waals surface area contributed by atoms with Crippen molar-refractivity contribution in [2.45, 2.75) is 26.7 Å². The van der Waals surface area contributed by atoms with Crippen LogP contribution in [0.2, 0.25) is 0 Å². The largest absolute Gasteiger partial charge is 0.305 e. The van der Waals surface area contributed by atoms with Crippen molar-refractivity contribution in [2.75, 3.05) is 0 Å². The summed E-state index contributed by atoms with van der Waals surface area (Å²) in [5.41, 5.74) is 3.83. The number of rotatable bonds is 6. The second-order valence-corrected chi connectivity index (χ2v) is 6.32. The zero-order valence-electron chi connectivity index (χ0n) is 14.6. The smallest absolute Gasteiger partial charge is 0.176 e. The van der Waals surface area contributed by atoms with Gasteiger partial charge in [-0.25, -0.2) is 0 Å². The SMILES string of the molecule is CC(C)C(C#N)CCc1ccc(-c2ccccc2C(=N)N=NN)cc1. The lowest BCUT2D eigenvalue weighted by molar-refractivity contribution is 0.447. The molecular formula is C20H23N5. The van der Waals surface area contributed by atoms with Gasteiger partial charge in [0.2, 0.25) is 0 Å². The standard InChI is InChI=1S/C20H23N5/c1-14(2)17(13-21)12-9-15-7-10-16(11-8-15)18-5-3-4-6-19(18)20(22)24-25-23/h3-8,10-11,14,17H,9,12H2,1-2H3,(H3,22,23,24). The molecule has 2 aromatic rings. The summed E-state index contributed by atoms with van der Waals surface area (Å²) in [5.74, 6) is 5.56. The lowest BCUT2D eigenvalue weighted by Crippen LogP contribution is -2.07. The molecule has 25 heavy (non-hydrogen) atoms. The van der Waals surface area contributed by atoms with Crippen LogP contribution in [0.25, 0.3) is 11.1 Å². The molecule has 5 heteroatoms. The fourth-order valence-electron chi connectivity index (χ4n) is 2.77. The van der Waals surface area contributed by atoms with Crippen LogP contribution in [0.15, 0.2) is 58.9 Å². The van der Waals surface area contributed by atoms with E-state index in [9.17, 15) is 5.26 Å². The Morgan fingerprint density at radius 2 is 1.84 bits per heavy atom. The second-order valence-electron chi connectivity index (χ2n) is 6.32. The maximum atomic E-state index is 9.20. The zero-order valence-corrected chi connectivity index (χ0v) is 14.6. The molecule has 0 radical (unpaired) electrons. The number of aryl methyl sites for hydroxylation is 1. The third-order valence-electron chi connectivity index (χ3n) is 4.32. The van der Waals surface area contributed by atoms with Crippen molar-refractivity contribution in [1.82, 2.24) is 0 Å². The molecule has 2 rings (SSSR count). The molecule has 0 fully saturated rings. The highest BCUT2D eigenvalue weighted by molar-refractivity contribution is 6.02. The molecule has 3 N–H and O–H groups in total. The zero-order chi connectivity index (χ0) is 18.2. The van der Waals surface area contributed by atoms with Gasteiger partial charge >= 0.3 is 0 Å². The Kier molecular flexibility index (Phi) is 6.41. The van der Waals surface area contributed by atoms with E-state index in [1.165, 1.54) is 5.56 Å². The van der Waals surface area contributed by atoms with Crippen LogP contribution >= 0.6 is 0 Å². The normalized spacial score (nSPS) is 12.2. The number of hydrogen-bond donors (Lipinski definition) is 2. The van der Waals surface area contributed by atoms with Crippen LogP contribution in [0.1, 0.15) is 31.4 Å². The van der Waals surface area contributed by atoms with Crippen LogP contribution < -0.4 is 5.84 Å². The van der Waals surface area contributed by atoms with E-state index in [0.29, 0.717) is 11.5 Å². The van der Waals surface area contributed by atoms with Crippen LogP contribution in [0, 0.1) is 28.6 Å². The molecule has 2 aromatic carbocycles. The third kappa shape index (κ3) is 4.74. The van der Waals surface area contributed by atoms with Crippen molar-refractivity contribution in [3.05, 3.63) is 59.7 Å². The maximum absolute atomic E-state index is 9.20. The average Bonchev–Trinajstić information content (AvgIpc) is 2.63. The second kappa shape index (κ2) is 8.74. The lowest BCUT2D eigenvalue weighted by atomic mass is 9.90. The lowest BCUT2D eigenvalue weighted by Gasteiger charge is -2.13. The molecule has 0 aliphatic heterocycles. The summed E-state index contributed by atoms with van der Waals surface area (Å²) in [6.07, 6.45) is 1.75. The average molecular weight is 333 g/mol. The van der Waals surface area contributed by atoms with Gasteiger partial charge in [0.15, 0.2) is 5.84 Å². The van der Waals surface area contributed by atoms with Crippen LogP contribution in [-0.2, 0) is 6.42 Å². The van der Waals surface area contributed by atoms with E-state index < -0.39 is 0 Å². The van der Waals surface area contributed by atoms with Gasteiger partial charge in [-0.2, -0.15) is 5.26 Å². The summed E-state index contributed by atoms with van der Waals surface area (Å²) < 4.78 is 0. The van der Waals surface area contributed by atoms with Crippen molar-refractivity contribution in [2.24, 2.45) is 28.0 Å². The highest BCUT2D eigenvalue weighted by atomic mass is 15.3. The Bertz CT molecular complexity index is 784. The van der Waals surface area contributed by atoms with E-state index in [4.69, 9.17) is 11.3 Å². The molecule has 0 aliphatic rings. The van der Waals surface area contributed by atoms with Crippen LogP contribution in [0.4, 0.5) is 0 Å². The summed E-state index contributed by atoms with van der Waals surface area (Å²) in [6, 6.07) is 18.2. The highest BCUT2D eigenvalue weighted by Crippen LogP contribution is 2.25. The topological polar surface area (TPSA) is 98.4 Å².